The van der Waals surface area contributed by atoms with Crippen LogP contribution in [0.1, 0.15) is 49.5 Å². The molecule has 9 heteroatoms. The number of nitrogens with one attached hydrogen (secondary N) is 2. The number of benzene rings is 3. The highest BCUT2D eigenvalue weighted by molar-refractivity contribution is 6.30. The molecule has 2 atom stereocenters. The average Bonchev–Trinajstić information content (AvgIpc) is 3.39. The standard InChI is InChI=1S/C32H38Cl2N4O3/c1-5-37-16-18-38(19-17-37)31(39)32(27-15-14-26(40-4)20-28(27)41-21(2)3)35-29(22-6-10-24(33)11-7-22)30(36-32)23-8-12-25(34)13-9-23/h6-15,20-21,29-30,35-36H,5,16-19H2,1-4H3. The monoisotopic (exact) mass is 596 g/mol. The first-order valence-electron chi connectivity index (χ1n) is 14.2. The molecule has 218 valence electrons. The van der Waals surface area contributed by atoms with Gasteiger partial charge < -0.3 is 19.3 Å². The highest BCUT2D eigenvalue weighted by Gasteiger charge is 2.54. The third-order valence-corrected chi connectivity index (χ3v) is 8.42. The molecule has 0 saturated carbocycles. The molecule has 2 unspecified atom stereocenters. The van der Waals surface area contributed by atoms with Gasteiger partial charge in [-0.15, -0.1) is 0 Å². The molecule has 2 fully saturated rings. The summed E-state index contributed by atoms with van der Waals surface area (Å²) in [7, 11) is 1.63. The van der Waals surface area contributed by atoms with Crippen LogP contribution >= 0.6 is 23.2 Å². The van der Waals surface area contributed by atoms with E-state index >= 15 is 0 Å². The number of ether oxygens (including phenoxy) is 2. The summed E-state index contributed by atoms with van der Waals surface area (Å²) in [5.74, 6) is 1.21. The lowest BCUT2D eigenvalue weighted by atomic mass is 9.95. The van der Waals surface area contributed by atoms with Crippen molar-refractivity contribution in [3.8, 4) is 11.5 Å². The molecule has 1 amide bonds. The first-order valence-corrected chi connectivity index (χ1v) is 14.9. The number of hydrogen-bond donors (Lipinski definition) is 2. The largest absolute Gasteiger partial charge is 0.497 e. The highest BCUT2D eigenvalue weighted by atomic mass is 35.5. The van der Waals surface area contributed by atoms with E-state index in [1.165, 1.54) is 0 Å². The van der Waals surface area contributed by atoms with Gasteiger partial charge in [-0.05, 0) is 67.9 Å². The van der Waals surface area contributed by atoms with Gasteiger partial charge in [-0.1, -0.05) is 54.4 Å². The molecule has 0 aliphatic carbocycles. The Labute approximate surface area is 252 Å². The van der Waals surface area contributed by atoms with Crippen LogP contribution in [0.25, 0.3) is 0 Å². The SMILES string of the molecule is CCN1CCN(C(=O)C2(c3ccc(OC)cc3OC(C)C)NC(c3ccc(Cl)cc3)C(c3ccc(Cl)cc3)N2)CC1. The van der Waals surface area contributed by atoms with Gasteiger partial charge in [0.1, 0.15) is 11.5 Å². The van der Waals surface area contributed by atoms with Crippen molar-refractivity contribution in [1.82, 2.24) is 20.4 Å². The maximum absolute atomic E-state index is 14.8. The summed E-state index contributed by atoms with van der Waals surface area (Å²) in [5.41, 5.74) is 1.45. The molecule has 0 bridgehead atoms. The molecular weight excluding hydrogens is 559 g/mol. The van der Waals surface area contributed by atoms with E-state index in [1.807, 2.05) is 85.5 Å². The summed E-state index contributed by atoms with van der Waals surface area (Å²) in [5, 5.41) is 8.87. The third-order valence-electron chi connectivity index (χ3n) is 7.92. The number of hydrogen-bond acceptors (Lipinski definition) is 6. The Morgan fingerprint density at radius 2 is 1.44 bits per heavy atom. The number of piperazine rings is 1. The Bertz CT molecular complexity index is 1290. The highest BCUT2D eigenvalue weighted by Crippen LogP contribution is 2.45. The van der Waals surface area contributed by atoms with Gasteiger partial charge in [-0.25, -0.2) is 0 Å². The van der Waals surface area contributed by atoms with Gasteiger partial charge in [0.15, 0.2) is 5.66 Å². The lowest BCUT2D eigenvalue weighted by Gasteiger charge is -2.40. The molecule has 0 radical (unpaired) electrons. The Morgan fingerprint density at radius 1 is 0.902 bits per heavy atom. The van der Waals surface area contributed by atoms with Gasteiger partial charge in [0.25, 0.3) is 5.91 Å². The minimum absolute atomic E-state index is 0.0394. The van der Waals surface area contributed by atoms with Crippen LogP contribution in [-0.2, 0) is 10.5 Å². The van der Waals surface area contributed by atoms with Gasteiger partial charge in [-0.3, -0.25) is 15.4 Å². The fraction of sp³-hybridized carbons (Fsp3) is 0.406. The third kappa shape index (κ3) is 6.20. The second-order valence-corrected chi connectivity index (χ2v) is 11.7. The Kier molecular flexibility index (Phi) is 9.12. The number of methoxy groups -OCH3 is 1. The molecule has 0 spiro atoms. The molecule has 2 aliphatic rings. The molecular formula is C32H38Cl2N4O3. The van der Waals surface area contributed by atoms with Gasteiger partial charge in [0.2, 0.25) is 0 Å². The molecule has 0 aromatic heterocycles. The van der Waals surface area contributed by atoms with Crippen LogP contribution in [0, 0.1) is 0 Å². The van der Waals surface area contributed by atoms with Gasteiger partial charge in [0, 0.05) is 47.9 Å². The zero-order chi connectivity index (χ0) is 29.1. The lowest BCUT2D eigenvalue weighted by Crippen LogP contribution is -2.62. The Morgan fingerprint density at radius 3 is 1.90 bits per heavy atom. The predicted molar refractivity (Wildman–Crippen MR) is 164 cm³/mol. The van der Waals surface area contributed by atoms with E-state index in [0.29, 0.717) is 40.2 Å². The molecule has 3 aromatic carbocycles. The smallest absolute Gasteiger partial charge is 0.262 e. The number of nitrogens with zero attached hydrogens (tertiary/aromatic N) is 2. The second kappa shape index (κ2) is 12.6. The van der Waals surface area contributed by atoms with Crippen molar-refractivity contribution < 1.29 is 14.3 Å². The molecule has 2 heterocycles. The van der Waals surface area contributed by atoms with Crippen molar-refractivity contribution >= 4 is 29.1 Å². The van der Waals surface area contributed by atoms with Crippen LogP contribution in [0.15, 0.2) is 66.7 Å². The topological polar surface area (TPSA) is 66.1 Å². The maximum atomic E-state index is 14.8. The number of carbonyl (C=O) groups is 1. The average molecular weight is 598 g/mol. The van der Waals surface area contributed by atoms with Crippen LogP contribution in [0.4, 0.5) is 0 Å². The summed E-state index contributed by atoms with van der Waals surface area (Å²) in [6.07, 6.45) is -0.110. The van der Waals surface area contributed by atoms with Crippen molar-refractivity contribution in [1.29, 1.82) is 0 Å². The maximum Gasteiger partial charge on any atom is 0.262 e. The second-order valence-electron chi connectivity index (χ2n) is 10.9. The van der Waals surface area contributed by atoms with Gasteiger partial charge in [-0.2, -0.15) is 0 Å². The number of rotatable bonds is 8. The minimum Gasteiger partial charge on any atom is -0.497 e. The fourth-order valence-electron chi connectivity index (χ4n) is 5.76. The Balaban J connectivity index is 1.66. The first-order chi connectivity index (χ1) is 19.7. The van der Waals surface area contributed by atoms with Crippen molar-refractivity contribution in [2.24, 2.45) is 0 Å². The summed E-state index contributed by atoms with van der Waals surface area (Å²) in [6.45, 7) is 10.0. The van der Waals surface area contributed by atoms with E-state index in [4.69, 9.17) is 32.7 Å². The van der Waals surface area contributed by atoms with Gasteiger partial charge >= 0.3 is 0 Å². The quantitative estimate of drug-likeness (QED) is 0.343. The molecule has 2 saturated heterocycles. The van der Waals surface area contributed by atoms with E-state index in [2.05, 4.69) is 22.5 Å². The van der Waals surface area contributed by atoms with E-state index in [1.54, 1.807) is 7.11 Å². The van der Waals surface area contributed by atoms with E-state index in [-0.39, 0.29) is 24.1 Å². The van der Waals surface area contributed by atoms with Crippen LogP contribution in [0.2, 0.25) is 10.0 Å². The van der Waals surface area contributed by atoms with E-state index < -0.39 is 5.66 Å². The molecule has 5 rings (SSSR count). The molecule has 2 N–H and O–H groups in total. The fourth-order valence-corrected chi connectivity index (χ4v) is 6.01. The number of likely N-dealkylation sites (N-methyl/N-ethyl adjacent to an activating group) is 1. The summed E-state index contributed by atoms with van der Waals surface area (Å²) >= 11 is 12.5. The van der Waals surface area contributed by atoms with Gasteiger partial charge in [0.05, 0.1) is 25.3 Å². The molecule has 7 nitrogen and oxygen atoms in total. The van der Waals surface area contributed by atoms with Crippen LogP contribution < -0.4 is 20.1 Å². The number of amides is 1. The van der Waals surface area contributed by atoms with Crippen LogP contribution in [0.3, 0.4) is 0 Å². The van der Waals surface area contributed by atoms with Crippen molar-refractivity contribution in [2.75, 3.05) is 39.8 Å². The zero-order valence-electron chi connectivity index (χ0n) is 24.0. The van der Waals surface area contributed by atoms with Crippen LogP contribution in [-0.4, -0.2) is 61.6 Å². The van der Waals surface area contributed by atoms with E-state index in [9.17, 15) is 4.79 Å². The van der Waals surface area contributed by atoms with Crippen molar-refractivity contribution in [2.45, 2.75) is 44.6 Å². The predicted octanol–water partition coefficient (Wildman–Crippen LogP) is 5.78. The first kappa shape index (κ1) is 29.7. The summed E-state index contributed by atoms with van der Waals surface area (Å²) < 4.78 is 11.9. The molecule has 2 aliphatic heterocycles. The van der Waals surface area contributed by atoms with Crippen molar-refractivity contribution in [3.05, 3.63) is 93.5 Å². The Hall–Kier alpha value is -2.81. The van der Waals surface area contributed by atoms with Crippen LogP contribution in [0.5, 0.6) is 11.5 Å². The van der Waals surface area contributed by atoms with E-state index in [0.717, 1.165) is 30.8 Å². The van der Waals surface area contributed by atoms with Crippen molar-refractivity contribution in [3.63, 3.8) is 0 Å². The lowest BCUT2D eigenvalue weighted by molar-refractivity contribution is -0.141. The number of carbonyl (C=O) groups excluding carboxylic acids is 1. The molecule has 3 aromatic rings. The minimum atomic E-state index is -1.28. The zero-order valence-corrected chi connectivity index (χ0v) is 25.5. The molecule has 41 heavy (non-hydrogen) atoms. The summed E-state index contributed by atoms with van der Waals surface area (Å²) in [6, 6.07) is 20.7. The normalized spacial score (nSPS) is 23.1. The number of halogens is 2. The summed E-state index contributed by atoms with van der Waals surface area (Å²) in [4.78, 5) is 19.1.